The monoisotopic (exact) mass is 337 g/mol. The molecule has 0 saturated heterocycles. The van der Waals surface area contributed by atoms with Crippen LogP contribution in [0.4, 0.5) is 5.69 Å². The summed E-state index contributed by atoms with van der Waals surface area (Å²) < 4.78 is 6.07. The number of carbonyl (C=O) groups is 1. The van der Waals surface area contributed by atoms with Crippen LogP contribution < -0.4 is 5.32 Å². The van der Waals surface area contributed by atoms with Crippen molar-refractivity contribution in [3.63, 3.8) is 0 Å². The van der Waals surface area contributed by atoms with E-state index in [1.54, 1.807) is 18.2 Å². The minimum Gasteiger partial charge on any atom is -0.478 e. The van der Waals surface area contributed by atoms with Crippen LogP contribution in [0.3, 0.4) is 0 Å². The molecule has 0 amide bonds. The SMILES string of the molecule is Cc1cc(C(C)Nc2cccc(Br)c2C(=O)O)c(C)o1. The van der Waals surface area contributed by atoms with Gasteiger partial charge in [-0.3, -0.25) is 0 Å². The lowest BCUT2D eigenvalue weighted by molar-refractivity contribution is 0.0697. The lowest BCUT2D eigenvalue weighted by Gasteiger charge is -2.17. The van der Waals surface area contributed by atoms with Crippen LogP contribution in [0, 0.1) is 13.8 Å². The highest BCUT2D eigenvalue weighted by Gasteiger charge is 2.18. The van der Waals surface area contributed by atoms with Gasteiger partial charge in [0.1, 0.15) is 11.5 Å². The Morgan fingerprint density at radius 3 is 2.65 bits per heavy atom. The maximum absolute atomic E-state index is 11.3. The van der Waals surface area contributed by atoms with Gasteiger partial charge in [0.2, 0.25) is 0 Å². The van der Waals surface area contributed by atoms with Crippen molar-refractivity contribution in [3.05, 3.63) is 51.4 Å². The van der Waals surface area contributed by atoms with Gasteiger partial charge >= 0.3 is 5.97 Å². The average Bonchev–Trinajstić information content (AvgIpc) is 2.68. The molecule has 0 radical (unpaired) electrons. The Balaban J connectivity index is 2.33. The Hall–Kier alpha value is -1.75. The van der Waals surface area contributed by atoms with E-state index in [1.165, 1.54) is 0 Å². The van der Waals surface area contributed by atoms with Gasteiger partial charge in [0, 0.05) is 10.0 Å². The lowest BCUT2D eigenvalue weighted by Crippen LogP contribution is -2.11. The van der Waals surface area contributed by atoms with Gasteiger partial charge in [0.05, 0.1) is 17.3 Å². The summed E-state index contributed by atoms with van der Waals surface area (Å²) in [4.78, 5) is 11.3. The van der Waals surface area contributed by atoms with E-state index in [0.717, 1.165) is 17.1 Å². The summed E-state index contributed by atoms with van der Waals surface area (Å²) in [6.07, 6.45) is 0. The molecular weight excluding hydrogens is 322 g/mol. The van der Waals surface area contributed by atoms with E-state index in [0.29, 0.717) is 10.2 Å². The fourth-order valence-corrected chi connectivity index (χ4v) is 2.79. The zero-order chi connectivity index (χ0) is 14.9. The van der Waals surface area contributed by atoms with Crippen molar-refractivity contribution >= 4 is 27.6 Å². The van der Waals surface area contributed by atoms with Crippen LogP contribution in [0.1, 0.15) is 40.4 Å². The van der Waals surface area contributed by atoms with Crippen LogP contribution in [0.5, 0.6) is 0 Å². The molecule has 0 bridgehead atoms. The summed E-state index contributed by atoms with van der Waals surface area (Å²) in [5.74, 6) is 0.723. The Bertz CT molecular complexity index is 649. The van der Waals surface area contributed by atoms with Crippen LogP contribution >= 0.6 is 15.9 Å². The quantitative estimate of drug-likeness (QED) is 0.860. The second kappa shape index (κ2) is 5.71. The van der Waals surface area contributed by atoms with E-state index in [4.69, 9.17) is 4.42 Å². The smallest absolute Gasteiger partial charge is 0.338 e. The Morgan fingerprint density at radius 2 is 2.10 bits per heavy atom. The molecule has 20 heavy (non-hydrogen) atoms. The number of anilines is 1. The van der Waals surface area contributed by atoms with Crippen molar-refractivity contribution in [1.29, 1.82) is 0 Å². The number of carboxylic acid groups (broad SMARTS) is 1. The van der Waals surface area contributed by atoms with E-state index in [2.05, 4.69) is 21.2 Å². The minimum atomic E-state index is -0.965. The molecule has 2 aromatic rings. The first-order valence-electron chi connectivity index (χ1n) is 6.25. The van der Waals surface area contributed by atoms with Crippen molar-refractivity contribution in [2.45, 2.75) is 26.8 Å². The first-order chi connectivity index (χ1) is 9.40. The average molecular weight is 338 g/mol. The fraction of sp³-hybridized carbons (Fsp3) is 0.267. The predicted octanol–water partition coefficient (Wildman–Crippen LogP) is 4.53. The topological polar surface area (TPSA) is 62.5 Å². The van der Waals surface area contributed by atoms with Crippen molar-refractivity contribution < 1.29 is 14.3 Å². The number of hydrogen-bond acceptors (Lipinski definition) is 3. The Labute approximate surface area is 125 Å². The molecule has 5 heteroatoms. The zero-order valence-corrected chi connectivity index (χ0v) is 13.1. The van der Waals surface area contributed by atoms with E-state index < -0.39 is 5.97 Å². The molecule has 1 heterocycles. The maximum atomic E-state index is 11.3. The molecule has 0 aliphatic heterocycles. The van der Waals surface area contributed by atoms with Crippen molar-refractivity contribution in [1.82, 2.24) is 0 Å². The number of aryl methyl sites for hydroxylation is 2. The second-order valence-electron chi connectivity index (χ2n) is 4.70. The summed E-state index contributed by atoms with van der Waals surface area (Å²) in [6, 6.07) is 7.20. The van der Waals surface area contributed by atoms with Crippen LogP contribution in [0.15, 0.2) is 33.2 Å². The standard InChI is InChI=1S/C15H16BrNO3/c1-8-7-11(10(3)20-8)9(2)17-13-6-4-5-12(16)14(13)15(18)19/h4-7,9,17H,1-3H3,(H,18,19). The van der Waals surface area contributed by atoms with Crippen LogP contribution in [-0.2, 0) is 0 Å². The molecule has 0 saturated carbocycles. The Kier molecular flexibility index (Phi) is 4.18. The second-order valence-corrected chi connectivity index (χ2v) is 5.56. The van der Waals surface area contributed by atoms with Gasteiger partial charge in [-0.1, -0.05) is 6.07 Å². The molecule has 0 fully saturated rings. The number of furan rings is 1. The molecule has 1 atom stereocenters. The van der Waals surface area contributed by atoms with Gasteiger partial charge in [-0.05, 0) is 54.9 Å². The number of nitrogens with one attached hydrogen (secondary N) is 1. The van der Waals surface area contributed by atoms with E-state index >= 15 is 0 Å². The summed E-state index contributed by atoms with van der Waals surface area (Å²) in [5.41, 5.74) is 1.84. The highest BCUT2D eigenvalue weighted by atomic mass is 79.9. The number of hydrogen-bond donors (Lipinski definition) is 2. The number of halogens is 1. The highest BCUT2D eigenvalue weighted by Crippen LogP contribution is 2.30. The zero-order valence-electron chi connectivity index (χ0n) is 11.5. The summed E-state index contributed by atoms with van der Waals surface area (Å²) in [6.45, 7) is 5.77. The predicted molar refractivity (Wildman–Crippen MR) is 81.3 cm³/mol. The molecule has 0 aliphatic rings. The van der Waals surface area contributed by atoms with Crippen molar-refractivity contribution in [3.8, 4) is 0 Å². The lowest BCUT2D eigenvalue weighted by atomic mass is 10.1. The summed E-state index contributed by atoms with van der Waals surface area (Å²) >= 11 is 3.27. The molecule has 2 N–H and O–H groups in total. The van der Waals surface area contributed by atoms with Crippen molar-refractivity contribution in [2.75, 3.05) is 5.32 Å². The molecule has 1 aromatic heterocycles. The van der Waals surface area contributed by atoms with Gasteiger partial charge in [-0.2, -0.15) is 0 Å². The van der Waals surface area contributed by atoms with Crippen LogP contribution in [-0.4, -0.2) is 11.1 Å². The highest BCUT2D eigenvalue weighted by molar-refractivity contribution is 9.10. The normalized spacial score (nSPS) is 12.2. The van der Waals surface area contributed by atoms with Gasteiger partial charge in [0.15, 0.2) is 0 Å². The van der Waals surface area contributed by atoms with Crippen LogP contribution in [0.2, 0.25) is 0 Å². The molecule has 1 aromatic carbocycles. The first-order valence-corrected chi connectivity index (χ1v) is 7.04. The van der Waals surface area contributed by atoms with Gasteiger partial charge in [-0.25, -0.2) is 4.79 Å². The molecule has 0 aliphatic carbocycles. The number of benzene rings is 1. The van der Waals surface area contributed by atoms with E-state index in [1.807, 2.05) is 26.8 Å². The Morgan fingerprint density at radius 1 is 1.40 bits per heavy atom. The van der Waals surface area contributed by atoms with Crippen molar-refractivity contribution in [2.24, 2.45) is 0 Å². The summed E-state index contributed by atoms with van der Waals surface area (Å²) in [7, 11) is 0. The molecule has 1 unspecified atom stereocenters. The van der Waals surface area contributed by atoms with E-state index in [-0.39, 0.29) is 11.6 Å². The first kappa shape index (κ1) is 14.7. The number of carboxylic acids is 1. The van der Waals surface area contributed by atoms with Gasteiger partial charge in [0.25, 0.3) is 0 Å². The minimum absolute atomic E-state index is 0.0418. The number of rotatable bonds is 4. The largest absolute Gasteiger partial charge is 0.478 e. The maximum Gasteiger partial charge on any atom is 0.338 e. The third kappa shape index (κ3) is 2.88. The van der Waals surface area contributed by atoms with Gasteiger partial charge in [-0.15, -0.1) is 0 Å². The molecule has 2 rings (SSSR count). The molecular formula is C15H16BrNO3. The molecule has 4 nitrogen and oxygen atoms in total. The van der Waals surface area contributed by atoms with Gasteiger partial charge < -0.3 is 14.8 Å². The third-order valence-electron chi connectivity index (χ3n) is 3.15. The summed E-state index contributed by atoms with van der Waals surface area (Å²) in [5, 5.41) is 12.5. The molecule has 0 spiro atoms. The molecule has 106 valence electrons. The van der Waals surface area contributed by atoms with Crippen LogP contribution in [0.25, 0.3) is 0 Å². The van der Waals surface area contributed by atoms with E-state index in [9.17, 15) is 9.90 Å². The fourth-order valence-electron chi connectivity index (χ4n) is 2.25. The number of aromatic carboxylic acids is 1. The third-order valence-corrected chi connectivity index (χ3v) is 3.81.